The average molecular weight is 284 g/mol. The summed E-state index contributed by atoms with van der Waals surface area (Å²) in [6.45, 7) is 3.32. The molecule has 1 saturated carbocycles. The molecule has 1 aliphatic heterocycles. The summed E-state index contributed by atoms with van der Waals surface area (Å²) in [4.78, 5) is 23.2. The quantitative estimate of drug-likeness (QED) is 0.661. The second-order valence-electron chi connectivity index (χ2n) is 6.12. The van der Waals surface area contributed by atoms with Gasteiger partial charge >= 0.3 is 5.97 Å². The normalized spacial score (nSPS) is 23.6. The first-order valence-corrected chi connectivity index (χ1v) is 7.37. The van der Waals surface area contributed by atoms with Crippen molar-refractivity contribution in [2.24, 2.45) is 5.92 Å². The van der Waals surface area contributed by atoms with Gasteiger partial charge in [0.2, 0.25) is 5.91 Å². The zero-order chi connectivity index (χ0) is 14.6. The van der Waals surface area contributed by atoms with E-state index in [2.05, 4.69) is 10.6 Å². The van der Waals surface area contributed by atoms with Gasteiger partial charge in [0.25, 0.3) is 0 Å². The molecular formula is C14H24N2O4. The monoisotopic (exact) mass is 284 g/mol. The van der Waals surface area contributed by atoms with Crippen LogP contribution in [0, 0.1) is 5.92 Å². The average Bonchev–Trinajstić information content (AvgIpc) is 2.41. The molecule has 0 aromatic rings. The third-order valence-corrected chi connectivity index (χ3v) is 4.25. The van der Waals surface area contributed by atoms with Crippen LogP contribution in [-0.4, -0.2) is 48.3 Å². The Balaban J connectivity index is 1.80. The predicted molar refractivity (Wildman–Crippen MR) is 73.4 cm³/mol. The highest BCUT2D eigenvalue weighted by Gasteiger charge is 2.34. The second-order valence-corrected chi connectivity index (χ2v) is 6.12. The van der Waals surface area contributed by atoms with E-state index in [-0.39, 0.29) is 24.0 Å². The molecule has 1 unspecified atom stereocenters. The van der Waals surface area contributed by atoms with E-state index in [1.165, 1.54) is 0 Å². The summed E-state index contributed by atoms with van der Waals surface area (Å²) in [5.74, 6) is -1.23. The number of aliphatic carboxylic acids is 1. The minimum atomic E-state index is -0.943. The molecule has 2 aliphatic rings. The molecule has 0 radical (unpaired) electrons. The summed E-state index contributed by atoms with van der Waals surface area (Å²) in [6, 6.07) is -0.779. The standard InChI is InChI=1S/C14H24N2O4/c1-14(8-15-9-14)20-7-11(17)16-12(13(18)19)10-5-3-2-4-6-10/h10,12,15H,2-9H2,1H3,(H,16,17)(H,18,19). The van der Waals surface area contributed by atoms with Crippen molar-refractivity contribution < 1.29 is 19.4 Å². The van der Waals surface area contributed by atoms with Gasteiger partial charge < -0.3 is 20.5 Å². The number of ether oxygens (including phenoxy) is 1. The van der Waals surface area contributed by atoms with Crippen molar-refractivity contribution in [3.05, 3.63) is 0 Å². The molecule has 20 heavy (non-hydrogen) atoms. The van der Waals surface area contributed by atoms with E-state index >= 15 is 0 Å². The van der Waals surface area contributed by atoms with E-state index < -0.39 is 12.0 Å². The summed E-state index contributed by atoms with van der Waals surface area (Å²) in [7, 11) is 0. The fraction of sp³-hybridized carbons (Fsp3) is 0.857. The maximum atomic E-state index is 11.9. The van der Waals surface area contributed by atoms with Crippen molar-refractivity contribution in [1.29, 1.82) is 0 Å². The molecule has 6 heteroatoms. The van der Waals surface area contributed by atoms with E-state index in [9.17, 15) is 14.7 Å². The highest BCUT2D eigenvalue weighted by atomic mass is 16.5. The van der Waals surface area contributed by atoms with Crippen molar-refractivity contribution in [3.8, 4) is 0 Å². The lowest BCUT2D eigenvalue weighted by Crippen LogP contribution is -2.60. The summed E-state index contributed by atoms with van der Waals surface area (Å²) in [5, 5.41) is 15.0. The highest BCUT2D eigenvalue weighted by Crippen LogP contribution is 2.26. The van der Waals surface area contributed by atoms with Crippen LogP contribution in [0.2, 0.25) is 0 Å². The predicted octanol–water partition coefficient (Wildman–Crippen LogP) is 0.515. The molecule has 0 bridgehead atoms. The van der Waals surface area contributed by atoms with Gasteiger partial charge in [0, 0.05) is 13.1 Å². The highest BCUT2D eigenvalue weighted by molar-refractivity contribution is 5.84. The lowest BCUT2D eigenvalue weighted by Gasteiger charge is -2.39. The summed E-state index contributed by atoms with van der Waals surface area (Å²) >= 11 is 0. The second kappa shape index (κ2) is 6.54. The molecule has 1 atom stereocenters. The largest absolute Gasteiger partial charge is 0.480 e. The van der Waals surface area contributed by atoms with Crippen LogP contribution < -0.4 is 10.6 Å². The van der Waals surface area contributed by atoms with E-state index in [1.54, 1.807) is 0 Å². The maximum Gasteiger partial charge on any atom is 0.326 e. The Bertz CT molecular complexity index is 362. The molecule has 2 fully saturated rings. The van der Waals surface area contributed by atoms with E-state index in [0.717, 1.165) is 45.2 Å². The van der Waals surface area contributed by atoms with Gasteiger partial charge in [-0.15, -0.1) is 0 Å². The molecule has 0 aromatic carbocycles. The SMILES string of the molecule is CC1(OCC(=O)NC(C(=O)O)C2CCCCC2)CNC1. The lowest BCUT2D eigenvalue weighted by atomic mass is 9.84. The van der Waals surface area contributed by atoms with E-state index in [0.29, 0.717) is 0 Å². The number of carboxylic acids is 1. The van der Waals surface area contributed by atoms with Crippen molar-refractivity contribution in [2.45, 2.75) is 50.7 Å². The first kappa shape index (κ1) is 15.3. The smallest absolute Gasteiger partial charge is 0.326 e. The van der Waals surface area contributed by atoms with Gasteiger partial charge in [0.05, 0.1) is 5.60 Å². The fourth-order valence-corrected chi connectivity index (χ4v) is 2.88. The number of carbonyl (C=O) groups is 2. The number of hydrogen-bond acceptors (Lipinski definition) is 4. The Kier molecular flexibility index (Phi) is 4.99. The third-order valence-electron chi connectivity index (χ3n) is 4.25. The van der Waals surface area contributed by atoms with Crippen molar-refractivity contribution in [2.75, 3.05) is 19.7 Å². The van der Waals surface area contributed by atoms with Crippen LogP contribution in [0.3, 0.4) is 0 Å². The number of carbonyl (C=O) groups excluding carboxylic acids is 1. The Hall–Kier alpha value is -1.14. The van der Waals surface area contributed by atoms with Gasteiger partial charge in [0.15, 0.2) is 0 Å². The van der Waals surface area contributed by atoms with Crippen molar-refractivity contribution >= 4 is 11.9 Å². The Morgan fingerprint density at radius 1 is 1.35 bits per heavy atom. The summed E-state index contributed by atoms with van der Waals surface area (Å²) in [5.41, 5.74) is -0.291. The molecule has 114 valence electrons. The Morgan fingerprint density at radius 3 is 2.50 bits per heavy atom. The first-order chi connectivity index (χ1) is 9.50. The molecule has 1 amide bonds. The fourth-order valence-electron chi connectivity index (χ4n) is 2.88. The molecule has 3 N–H and O–H groups in total. The molecular weight excluding hydrogens is 260 g/mol. The van der Waals surface area contributed by atoms with Crippen LogP contribution in [0.15, 0.2) is 0 Å². The van der Waals surface area contributed by atoms with Gasteiger partial charge in [-0.3, -0.25) is 4.79 Å². The van der Waals surface area contributed by atoms with Crippen LogP contribution in [0.4, 0.5) is 0 Å². The Morgan fingerprint density at radius 2 is 2.00 bits per heavy atom. The summed E-state index contributed by atoms with van der Waals surface area (Å²) < 4.78 is 5.53. The van der Waals surface area contributed by atoms with Crippen LogP contribution in [0.5, 0.6) is 0 Å². The molecule has 1 heterocycles. The molecule has 2 rings (SSSR count). The number of rotatable bonds is 6. The molecule has 1 saturated heterocycles. The molecule has 0 spiro atoms. The number of carboxylic acid groups (broad SMARTS) is 1. The first-order valence-electron chi connectivity index (χ1n) is 7.37. The van der Waals surface area contributed by atoms with E-state index in [1.807, 2.05) is 6.92 Å². The molecule has 0 aromatic heterocycles. The Labute approximate surface area is 119 Å². The minimum Gasteiger partial charge on any atom is -0.480 e. The molecule has 1 aliphatic carbocycles. The van der Waals surface area contributed by atoms with Gasteiger partial charge in [-0.05, 0) is 25.7 Å². The van der Waals surface area contributed by atoms with Crippen LogP contribution in [-0.2, 0) is 14.3 Å². The van der Waals surface area contributed by atoms with Crippen LogP contribution in [0.25, 0.3) is 0 Å². The minimum absolute atomic E-state index is 0.0474. The number of hydrogen-bond donors (Lipinski definition) is 3. The zero-order valence-electron chi connectivity index (χ0n) is 12.0. The number of amides is 1. The van der Waals surface area contributed by atoms with E-state index in [4.69, 9.17) is 4.74 Å². The zero-order valence-corrected chi connectivity index (χ0v) is 12.0. The van der Waals surface area contributed by atoms with Crippen molar-refractivity contribution in [3.63, 3.8) is 0 Å². The van der Waals surface area contributed by atoms with Gasteiger partial charge in [0.1, 0.15) is 12.6 Å². The molecule has 6 nitrogen and oxygen atoms in total. The topological polar surface area (TPSA) is 87.7 Å². The van der Waals surface area contributed by atoms with Crippen LogP contribution in [0.1, 0.15) is 39.0 Å². The van der Waals surface area contributed by atoms with Crippen molar-refractivity contribution in [1.82, 2.24) is 10.6 Å². The van der Waals surface area contributed by atoms with Gasteiger partial charge in [-0.1, -0.05) is 19.3 Å². The number of nitrogens with one attached hydrogen (secondary N) is 2. The maximum absolute atomic E-state index is 11.9. The van der Waals surface area contributed by atoms with Gasteiger partial charge in [-0.2, -0.15) is 0 Å². The van der Waals surface area contributed by atoms with Crippen LogP contribution >= 0.6 is 0 Å². The third kappa shape index (κ3) is 3.93. The van der Waals surface area contributed by atoms with Gasteiger partial charge in [-0.25, -0.2) is 4.79 Å². The lowest BCUT2D eigenvalue weighted by molar-refractivity contribution is -0.147. The summed E-state index contributed by atoms with van der Waals surface area (Å²) in [6.07, 6.45) is 5.00.